The number of ether oxygens (including phenoxy) is 2. The van der Waals surface area contributed by atoms with Crippen molar-refractivity contribution in [1.82, 2.24) is 0 Å². The normalized spacial score (nSPS) is 16.6. The van der Waals surface area contributed by atoms with Gasteiger partial charge in [0.1, 0.15) is 5.60 Å². The second-order valence-electron chi connectivity index (χ2n) is 5.12. The highest BCUT2D eigenvalue weighted by molar-refractivity contribution is 5.77. The largest absolute Gasteiger partial charge is 0.469 e. The first kappa shape index (κ1) is 14.6. The molecule has 0 N–H and O–H groups in total. The molecule has 20 heavy (non-hydrogen) atoms. The Labute approximate surface area is 119 Å². The Morgan fingerprint density at radius 1 is 1.05 bits per heavy atom. The third-order valence-corrected chi connectivity index (χ3v) is 3.78. The quantitative estimate of drug-likeness (QED) is 0.776. The van der Waals surface area contributed by atoms with E-state index in [4.69, 9.17) is 4.74 Å². The summed E-state index contributed by atoms with van der Waals surface area (Å²) in [7, 11) is 1.32. The second kappa shape index (κ2) is 6.55. The molecule has 0 radical (unpaired) electrons. The number of hydrogen-bond donors (Lipinski definition) is 0. The van der Waals surface area contributed by atoms with Gasteiger partial charge in [-0.15, -0.1) is 0 Å². The maximum atomic E-state index is 12.0. The number of hydrogen-bond acceptors (Lipinski definition) is 4. The molecule has 1 aliphatic carbocycles. The summed E-state index contributed by atoms with van der Waals surface area (Å²) >= 11 is 0. The lowest BCUT2D eigenvalue weighted by Gasteiger charge is -2.29. The fourth-order valence-electron chi connectivity index (χ4n) is 2.71. The number of benzene rings is 1. The smallest absolute Gasteiger partial charge is 0.307 e. The molecule has 1 aliphatic rings. The van der Waals surface area contributed by atoms with Gasteiger partial charge >= 0.3 is 11.9 Å². The van der Waals surface area contributed by atoms with Gasteiger partial charge in [0.25, 0.3) is 0 Å². The Hall–Kier alpha value is -1.84. The van der Waals surface area contributed by atoms with Crippen molar-refractivity contribution in [2.75, 3.05) is 7.11 Å². The van der Waals surface area contributed by atoms with Crippen molar-refractivity contribution < 1.29 is 19.1 Å². The van der Waals surface area contributed by atoms with Gasteiger partial charge in [-0.2, -0.15) is 0 Å². The number of carbonyl (C=O) groups excluding carboxylic acids is 2. The van der Waals surface area contributed by atoms with Crippen LogP contribution >= 0.6 is 0 Å². The van der Waals surface area contributed by atoms with Crippen molar-refractivity contribution >= 4 is 11.9 Å². The summed E-state index contributed by atoms with van der Waals surface area (Å²) < 4.78 is 10.3. The Morgan fingerprint density at radius 3 is 2.25 bits per heavy atom. The average molecular weight is 276 g/mol. The summed E-state index contributed by atoms with van der Waals surface area (Å²) in [5, 5.41) is 0. The van der Waals surface area contributed by atoms with Gasteiger partial charge in [-0.25, -0.2) is 0 Å². The van der Waals surface area contributed by atoms with Crippen molar-refractivity contribution in [2.45, 2.75) is 44.1 Å². The van der Waals surface area contributed by atoms with Gasteiger partial charge in [0.15, 0.2) is 0 Å². The van der Waals surface area contributed by atoms with Crippen LogP contribution < -0.4 is 0 Å². The van der Waals surface area contributed by atoms with E-state index in [0.717, 1.165) is 31.2 Å². The van der Waals surface area contributed by atoms with E-state index in [-0.39, 0.29) is 24.8 Å². The van der Waals surface area contributed by atoms with Crippen molar-refractivity contribution in [3.8, 4) is 0 Å². The van der Waals surface area contributed by atoms with E-state index in [0.29, 0.717) is 0 Å². The predicted octanol–water partition coefficient (Wildman–Crippen LogP) is 2.95. The first-order chi connectivity index (χ1) is 9.66. The molecule has 0 aliphatic heterocycles. The molecule has 0 spiro atoms. The molecule has 0 unspecified atom stereocenters. The molecular formula is C16H20O4. The summed E-state index contributed by atoms with van der Waals surface area (Å²) in [6.45, 7) is 0. The second-order valence-corrected chi connectivity index (χ2v) is 5.12. The lowest BCUT2D eigenvalue weighted by atomic mass is 9.92. The van der Waals surface area contributed by atoms with Crippen LogP contribution in [0, 0.1) is 0 Å². The van der Waals surface area contributed by atoms with Crippen molar-refractivity contribution in [2.24, 2.45) is 0 Å². The van der Waals surface area contributed by atoms with Crippen LogP contribution in [0.1, 0.15) is 44.1 Å². The summed E-state index contributed by atoms with van der Waals surface area (Å²) in [5.74, 6) is -0.719. The fourth-order valence-corrected chi connectivity index (χ4v) is 2.71. The van der Waals surface area contributed by atoms with Crippen LogP contribution in [0.5, 0.6) is 0 Å². The summed E-state index contributed by atoms with van der Waals surface area (Å²) in [5.41, 5.74) is 0.540. The Morgan fingerprint density at radius 2 is 1.65 bits per heavy atom. The summed E-state index contributed by atoms with van der Waals surface area (Å²) in [6.07, 6.45) is 3.95. The third-order valence-electron chi connectivity index (χ3n) is 3.78. The minimum Gasteiger partial charge on any atom is -0.469 e. The third kappa shape index (κ3) is 3.38. The van der Waals surface area contributed by atoms with E-state index in [1.54, 1.807) is 0 Å². The highest BCUT2D eigenvalue weighted by atomic mass is 16.6. The molecule has 4 heteroatoms. The van der Waals surface area contributed by atoms with Gasteiger partial charge in [0, 0.05) is 0 Å². The minimum atomic E-state index is -0.505. The molecule has 0 atom stereocenters. The first-order valence-corrected chi connectivity index (χ1v) is 7.00. The highest BCUT2D eigenvalue weighted by Crippen LogP contribution is 2.42. The van der Waals surface area contributed by atoms with Gasteiger partial charge in [-0.1, -0.05) is 30.3 Å². The zero-order valence-electron chi connectivity index (χ0n) is 11.8. The van der Waals surface area contributed by atoms with Gasteiger partial charge in [-0.05, 0) is 31.2 Å². The van der Waals surface area contributed by atoms with Crippen LogP contribution in [0.2, 0.25) is 0 Å². The lowest BCUT2D eigenvalue weighted by Crippen LogP contribution is -2.29. The topological polar surface area (TPSA) is 52.6 Å². The standard InChI is InChI=1S/C16H20O4/c1-19-14(17)9-10-15(18)20-16(11-5-6-12-16)13-7-3-2-4-8-13/h2-4,7-8H,5-6,9-12H2,1H3. The number of rotatable bonds is 5. The van der Waals surface area contributed by atoms with Gasteiger partial charge in [0.2, 0.25) is 0 Å². The molecule has 0 amide bonds. The molecule has 4 nitrogen and oxygen atoms in total. The molecule has 2 rings (SSSR count). The maximum absolute atomic E-state index is 12.0. The summed E-state index contributed by atoms with van der Waals surface area (Å²) in [6, 6.07) is 9.86. The molecule has 108 valence electrons. The van der Waals surface area contributed by atoms with E-state index in [9.17, 15) is 9.59 Å². The highest BCUT2D eigenvalue weighted by Gasteiger charge is 2.39. The zero-order chi connectivity index (χ0) is 14.4. The molecule has 1 saturated carbocycles. The monoisotopic (exact) mass is 276 g/mol. The number of esters is 2. The maximum Gasteiger partial charge on any atom is 0.307 e. The molecule has 0 saturated heterocycles. The van der Waals surface area contributed by atoms with Crippen LogP contribution in [-0.4, -0.2) is 19.0 Å². The molecule has 0 heterocycles. The zero-order valence-corrected chi connectivity index (χ0v) is 11.8. The van der Waals surface area contributed by atoms with Crippen molar-refractivity contribution in [3.63, 3.8) is 0 Å². The van der Waals surface area contributed by atoms with Crippen molar-refractivity contribution in [1.29, 1.82) is 0 Å². The van der Waals surface area contributed by atoms with E-state index < -0.39 is 5.60 Å². The van der Waals surface area contributed by atoms with Gasteiger partial charge < -0.3 is 9.47 Å². The Balaban J connectivity index is 2.03. The van der Waals surface area contributed by atoms with Crippen LogP contribution in [0.4, 0.5) is 0 Å². The molecule has 1 fully saturated rings. The van der Waals surface area contributed by atoms with E-state index in [1.807, 2.05) is 30.3 Å². The van der Waals surface area contributed by atoms with E-state index >= 15 is 0 Å². The molecular weight excluding hydrogens is 256 g/mol. The first-order valence-electron chi connectivity index (χ1n) is 7.00. The minimum absolute atomic E-state index is 0.0696. The van der Waals surface area contributed by atoms with Crippen molar-refractivity contribution in [3.05, 3.63) is 35.9 Å². The SMILES string of the molecule is COC(=O)CCC(=O)OC1(c2ccccc2)CCCC1. The molecule has 0 bridgehead atoms. The predicted molar refractivity (Wildman–Crippen MR) is 73.9 cm³/mol. The fraction of sp³-hybridized carbons (Fsp3) is 0.500. The van der Waals surface area contributed by atoms with Gasteiger partial charge in [0.05, 0.1) is 20.0 Å². The average Bonchev–Trinajstić information content (AvgIpc) is 2.95. The van der Waals surface area contributed by atoms with E-state index in [2.05, 4.69) is 4.74 Å². The Kier molecular flexibility index (Phi) is 4.77. The molecule has 1 aromatic rings. The number of carbonyl (C=O) groups is 2. The van der Waals surface area contributed by atoms with Crippen LogP contribution in [0.3, 0.4) is 0 Å². The lowest BCUT2D eigenvalue weighted by molar-refractivity contribution is -0.162. The Bertz CT molecular complexity index is 461. The molecule has 1 aromatic carbocycles. The van der Waals surface area contributed by atoms with E-state index in [1.165, 1.54) is 7.11 Å². The van der Waals surface area contributed by atoms with Crippen LogP contribution in [-0.2, 0) is 24.7 Å². The van der Waals surface area contributed by atoms with Crippen LogP contribution in [0.25, 0.3) is 0 Å². The van der Waals surface area contributed by atoms with Gasteiger partial charge in [-0.3, -0.25) is 9.59 Å². The number of methoxy groups -OCH3 is 1. The summed E-state index contributed by atoms with van der Waals surface area (Å²) in [4.78, 5) is 23.0. The molecule has 0 aromatic heterocycles. The van der Waals surface area contributed by atoms with Crippen LogP contribution in [0.15, 0.2) is 30.3 Å².